The molecule has 0 saturated heterocycles. The first kappa shape index (κ1) is 6.95. The first-order valence-electron chi connectivity index (χ1n) is 2.14. The van der Waals surface area contributed by atoms with Crippen molar-refractivity contribution in [2.45, 2.75) is 0 Å². The average Bonchev–Trinajstić information content (AvgIpc) is 1.81. The van der Waals surface area contributed by atoms with E-state index in [0.29, 0.717) is 0 Å². The molecule has 0 aromatic heterocycles. The van der Waals surface area contributed by atoms with E-state index in [9.17, 15) is 4.79 Å². The van der Waals surface area contributed by atoms with Gasteiger partial charge in [-0.15, -0.1) is 0 Å². The molecule has 0 spiro atoms. The molecule has 43 valence electrons. The highest BCUT2D eigenvalue weighted by atomic mass is 16.5. The highest BCUT2D eigenvalue weighted by Gasteiger charge is 1.61. The standard InChI is InChI=1S/C6H7O2/c1-8-6-4-2-3-5-7/h2-4,6H,1H3. The van der Waals surface area contributed by atoms with Gasteiger partial charge in [-0.2, -0.15) is 0 Å². The number of hydrogen-bond donors (Lipinski definition) is 0. The molecule has 0 rings (SSSR count). The second kappa shape index (κ2) is 5.95. The minimum Gasteiger partial charge on any atom is -0.504 e. The van der Waals surface area contributed by atoms with Crippen LogP contribution in [0.15, 0.2) is 24.5 Å². The van der Waals surface area contributed by atoms with E-state index >= 15 is 0 Å². The van der Waals surface area contributed by atoms with Crippen LogP contribution in [0.3, 0.4) is 0 Å². The van der Waals surface area contributed by atoms with E-state index in [4.69, 9.17) is 0 Å². The van der Waals surface area contributed by atoms with Crippen molar-refractivity contribution in [2.24, 2.45) is 0 Å². The fourth-order valence-electron chi connectivity index (χ4n) is 0.219. The Morgan fingerprint density at radius 3 is 2.75 bits per heavy atom. The van der Waals surface area contributed by atoms with Crippen LogP contribution in [0.2, 0.25) is 0 Å². The fraction of sp³-hybridized carbons (Fsp3) is 0.167. The minimum atomic E-state index is 1.26. The van der Waals surface area contributed by atoms with E-state index in [0.717, 1.165) is 0 Å². The summed E-state index contributed by atoms with van der Waals surface area (Å²) in [5.41, 5.74) is 0. The molecule has 0 N–H and O–H groups in total. The van der Waals surface area contributed by atoms with Crippen LogP contribution in [0.5, 0.6) is 0 Å². The lowest BCUT2D eigenvalue weighted by Crippen LogP contribution is -1.61. The maximum Gasteiger partial charge on any atom is 0.225 e. The summed E-state index contributed by atoms with van der Waals surface area (Å²) in [6.07, 6.45) is 7.46. The van der Waals surface area contributed by atoms with Gasteiger partial charge in [0.05, 0.1) is 13.4 Å². The van der Waals surface area contributed by atoms with E-state index < -0.39 is 0 Å². The topological polar surface area (TPSA) is 26.3 Å². The Balaban J connectivity index is 3.26. The first-order valence-corrected chi connectivity index (χ1v) is 2.14. The van der Waals surface area contributed by atoms with Crippen molar-refractivity contribution >= 4 is 6.29 Å². The number of rotatable bonds is 3. The van der Waals surface area contributed by atoms with Gasteiger partial charge < -0.3 is 4.74 Å². The normalized spacial score (nSPS) is 10.6. The van der Waals surface area contributed by atoms with Crippen molar-refractivity contribution in [2.75, 3.05) is 7.11 Å². The fourth-order valence-corrected chi connectivity index (χ4v) is 0.219. The Morgan fingerprint density at radius 1 is 1.50 bits per heavy atom. The first-order chi connectivity index (χ1) is 3.91. The average molecular weight is 111 g/mol. The van der Waals surface area contributed by atoms with Gasteiger partial charge in [0, 0.05) is 0 Å². The highest BCUT2D eigenvalue weighted by molar-refractivity contribution is 5.66. The van der Waals surface area contributed by atoms with Gasteiger partial charge in [0.25, 0.3) is 0 Å². The SMILES string of the molecule is COC=CC=C[C]=O. The number of hydrogen-bond acceptors (Lipinski definition) is 2. The quantitative estimate of drug-likeness (QED) is 0.306. The van der Waals surface area contributed by atoms with Gasteiger partial charge in [0.15, 0.2) is 0 Å². The Labute approximate surface area is 48.5 Å². The van der Waals surface area contributed by atoms with Gasteiger partial charge in [-0.1, -0.05) is 6.08 Å². The van der Waals surface area contributed by atoms with Crippen molar-refractivity contribution in [3.63, 3.8) is 0 Å². The second-order valence-electron chi connectivity index (χ2n) is 1.04. The Bertz CT molecular complexity index is 103. The third-order valence-corrected chi connectivity index (χ3v) is 0.490. The van der Waals surface area contributed by atoms with E-state index in [1.165, 1.54) is 25.5 Å². The van der Waals surface area contributed by atoms with E-state index in [1.807, 2.05) is 0 Å². The summed E-state index contributed by atoms with van der Waals surface area (Å²) < 4.78 is 4.53. The summed E-state index contributed by atoms with van der Waals surface area (Å²) in [4.78, 5) is 9.48. The van der Waals surface area contributed by atoms with Crippen LogP contribution in [0.25, 0.3) is 0 Å². The molecular formula is C6H7O2. The van der Waals surface area contributed by atoms with E-state index in [2.05, 4.69) is 4.74 Å². The lowest BCUT2D eigenvalue weighted by Gasteiger charge is -1.78. The van der Waals surface area contributed by atoms with Gasteiger partial charge in [-0.3, -0.25) is 4.79 Å². The number of carbonyl (C=O) groups excluding carboxylic acids is 1. The molecule has 8 heavy (non-hydrogen) atoms. The molecule has 0 atom stereocenters. The van der Waals surface area contributed by atoms with Gasteiger partial charge in [-0.25, -0.2) is 0 Å². The molecule has 0 aliphatic rings. The molecule has 0 saturated carbocycles. The van der Waals surface area contributed by atoms with Gasteiger partial charge in [0.1, 0.15) is 0 Å². The van der Waals surface area contributed by atoms with Crippen LogP contribution in [0.1, 0.15) is 0 Å². The van der Waals surface area contributed by atoms with Crippen molar-refractivity contribution in [1.29, 1.82) is 0 Å². The van der Waals surface area contributed by atoms with Gasteiger partial charge >= 0.3 is 0 Å². The molecular weight excluding hydrogens is 104 g/mol. The predicted octanol–water partition coefficient (Wildman–Crippen LogP) is 0.812. The third kappa shape index (κ3) is 4.95. The molecule has 0 aliphatic carbocycles. The molecule has 0 heterocycles. The zero-order chi connectivity index (χ0) is 6.24. The molecule has 0 unspecified atom stereocenters. The van der Waals surface area contributed by atoms with Crippen LogP contribution >= 0.6 is 0 Å². The summed E-state index contributed by atoms with van der Waals surface area (Å²) in [6.45, 7) is 0. The lowest BCUT2D eigenvalue weighted by atomic mass is 10.5. The predicted molar refractivity (Wildman–Crippen MR) is 31.0 cm³/mol. The van der Waals surface area contributed by atoms with Crippen LogP contribution in [0, 0.1) is 0 Å². The monoisotopic (exact) mass is 111 g/mol. The molecule has 1 radical (unpaired) electrons. The number of allylic oxidation sites excluding steroid dienone is 3. The summed E-state index contributed by atoms with van der Waals surface area (Å²) in [6, 6.07) is 0. The number of methoxy groups -OCH3 is 1. The Kier molecular flexibility index (Phi) is 5.17. The summed E-state index contributed by atoms with van der Waals surface area (Å²) in [7, 11) is 1.54. The number of ether oxygens (including phenoxy) is 1. The van der Waals surface area contributed by atoms with E-state index in [1.54, 1.807) is 12.4 Å². The van der Waals surface area contributed by atoms with Crippen LogP contribution in [-0.2, 0) is 9.53 Å². The van der Waals surface area contributed by atoms with Crippen LogP contribution in [0.4, 0.5) is 0 Å². The van der Waals surface area contributed by atoms with Crippen LogP contribution < -0.4 is 0 Å². The lowest BCUT2D eigenvalue weighted by molar-refractivity contribution is 0.338. The van der Waals surface area contributed by atoms with Crippen molar-refractivity contribution in [3.05, 3.63) is 24.5 Å². The van der Waals surface area contributed by atoms with Crippen molar-refractivity contribution in [3.8, 4) is 0 Å². The zero-order valence-corrected chi connectivity index (χ0v) is 4.63. The summed E-state index contributed by atoms with van der Waals surface area (Å²) in [5, 5.41) is 0. The smallest absolute Gasteiger partial charge is 0.225 e. The molecule has 0 amide bonds. The summed E-state index contributed by atoms with van der Waals surface area (Å²) in [5.74, 6) is 0. The maximum absolute atomic E-state index is 9.48. The van der Waals surface area contributed by atoms with Gasteiger partial charge in [0.2, 0.25) is 6.29 Å². The zero-order valence-electron chi connectivity index (χ0n) is 4.63. The molecule has 2 heteroatoms. The molecule has 0 fully saturated rings. The molecule has 0 aromatic rings. The Hall–Kier alpha value is -1.05. The maximum atomic E-state index is 9.48. The van der Waals surface area contributed by atoms with E-state index in [-0.39, 0.29) is 0 Å². The molecule has 0 bridgehead atoms. The van der Waals surface area contributed by atoms with Crippen molar-refractivity contribution in [1.82, 2.24) is 0 Å². The molecule has 2 nitrogen and oxygen atoms in total. The van der Waals surface area contributed by atoms with Crippen molar-refractivity contribution < 1.29 is 9.53 Å². The highest BCUT2D eigenvalue weighted by Crippen LogP contribution is 1.73. The third-order valence-electron chi connectivity index (χ3n) is 0.490. The van der Waals surface area contributed by atoms with Crippen LogP contribution in [-0.4, -0.2) is 13.4 Å². The molecule has 0 aromatic carbocycles. The molecule has 0 aliphatic heterocycles. The largest absolute Gasteiger partial charge is 0.504 e. The summed E-state index contributed by atoms with van der Waals surface area (Å²) >= 11 is 0. The second-order valence-corrected chi connectivity index (χ2v) is 1.04. The Morgan fingerprint density at radius 2 is 2.25 bits per heavy atom. The van der Waals surface area contributed by atoms with Gasteiger partial charge in [-0.05, 0) is 12.2 Å². The minimum absolute atomic E-state index is 1.26.